The molecule has 25 heavy (non-hydrogen) atoms. The highest BCUT2D eigenvalue weighted by atomic mass is 32.2. The molecular weight excluding hydrogens is 333 g/mol. The Bertz CT molecular complexity index is 886. The van der Waals surface area contributed by atoms with Crippen molar-refractivity contribution < 1.29 is 4.39 Å². The maximum absolute atomic E-state index is 13.3. The number of fused-ring (bicyclic) bond motifs is 1. The predicted molar refractivity (Wildman–Crippen MR) is 102 cm³/mol. The second-order valence-electron chi connectivity index (χ2n) is 6.15. The van der Waals surface area contributed by atoms with Crippen LogP contribution in [0.3, 0.4) is 0 Å². The lowest BCUT2D eigenvalue weighted by Crippen LogP contribution is -2.07. The molecule has 3 aromatic rings. The highest BCUT2D eigenvalue weighted by Crippen LogP contribution is 2.37. The van der Waals surface area contributed by atoms with Gasteiger partial charge >= 0.3 is 0 Å². The number of aromatic nitrogens is 2. The van der Waals surface area contributed by atoms with Crippen LogP contribution in [0, 0.1) is 5.82 Å². The van der Waals surface area contributed by atoms with Gasteiger partial charge in [-0.15, -0.1) is 11.8 Å². The summed E-state index contributed by atoms with van der Waals surface area (Å²) in [4.78, 5) is 1.22. The van der Waals surface area contributed by atoms with Gasteiger partial charge < -0.3 is 5.32 Å². The van der Waals surface area contributed by atoms with Gasteiger partial charge in [-0.3, -0.25) is 0 Å². The SMILES string of the molecule is CSc1ccccc1-c1nn(-c2ccc(F)cc2)c2c1CCCCN2. The average Bonchev–Trinajstić information content (AvgIpc) is 2.83. The zero-order chi connectivity index (χ0) is 17.2. The van der Waals surface area contributed by atoms with Crippen molar-refractivity contribution in [1.82, 2.24) is 9.78 Å². The molecule has 0 saturated carbocycles. The van der Waals surface area contributed by atoms with Gasteiger partial charge in [-0.1, -0.05) is 18.2 Å². The normalized spacial score (nSPS) is 13.8. The van der Waals surface area contributed by atoms with E-state index < -0.39 is 0 Å². The summed E-state index contributed by atoms with van der Waals surface area (Å²) >= 11 is 1.73. The summed E-state index contributed by atoms with van der Waals surface area (Å²) in [6.07, 6.45) is 5.37. The Morgan fingerprint density at radius 1 is 1.08 bits per heavy atom. The number of anilines is 1. The summed E-state index contributed by atoms with van der Waals surface area (Å²) in [5.41, 5.74) is 4.32. The van der Waals surface area contributed by atoms with Crippen LogP contribution in [-0.2, 0) is 6.42 Å². The third kappa shape index (κ3) is 3.04. The van der Waals surface area contributed by atoms with Gasteiger partial charge in [0.1, 0.15) is 11.6 Å². The van der Waals surface area contributed by atoms with E-state index >= 15 is 0 Å². The van der Waals surface area contributed by atoms with Gasteiger partial charge in [-0.25, -0.2) is 9.07 Å². The van der Waals surface area contributed by atoms with Crippen LogP contribution in [0.25, 0.3) is 16.9 Å². The Morgan fingerprint density at radius 3 is 2.68 bits per heavy atom. The predicted octanol–water partition coefficient (Wildman–Crippen LogP) is 5.15. The fraction of sp³-hybridized carbons (Fsp3) is 0.250. The summed E-state index contributed by atoms with van der Waals surface area (Å²) in [7, 11) is 0. The molecule has 0 amide bonds. The lowest BCUT2D eigenvalue weighted by atomic mass is 10.0. The molecule has 1 aromatic heterocycles. The van der Waals surface area contributed by atoms with E-state index in [0.29, 0.717) is 0 Å². The van der Waals surface area contributed by atoms with Crippen LogP contribution in [0.4, 0.5) is 10.2 Å². The number of benzene rings is 2. The van der Waals surface area contributed by atoms with Gasteiger partial charge in [-0.2, -0.15) is 5.10 Å². The fourth-order valence-electron chi connectivity index (χ4n) is 3.33. The molecule has 1 aliphatic rings. The first-order valence-electron chi connectivity index (χ1n) is 8.53. The van der Waals surface area contributed by atoms with E-state index in [0.717, 1.165) is 48.6 Å². The second kappa shape index (κ2) is 6.92. The van der Waals surface area contributed by atoms with Crippen LogP contribution in [0.2, 0.25) is 0 Å². The Labute approximate surface area is 151 Å². The van der Waals surface area contributed by atoms with E-state index in [4.69, 9.17) is 5.10 Å². The maximum atomic E-state index is 13.3. The highest BCUT2D eigenvalue weighted by molar-refractivity contribution is 7.98. The van der Waals surface area contributed by atoms with Crippen molar-refractivity contribution >= 4 is 17.6 Å². The van der Waals surface area contributed by atoms with E-state index in [1.807, 2.05) is 4.68 Å². The van der Waals surface area contributed by atoms with E-state index in [2.05, 4.69) is 35.8 Å². The molecule has 1 N–H and O–H groups in total. The van der Waals surface area contributed by atoms with E-state index in [9.17, 15) is 4.39 Å². The van der Waals surface area contributed by atoms with Crippen LogP contribution < -0.4 is 5.32 Å². The van der Waals surface area contributed by atoms with Crippen molar-refractivity contribution in [2.24, 2.45) is 0 Å². The van der Waals surface area contributed by atoms with E-state index in [1.54, 1.807) is 23.9 Å². The number of halogens is 1. The van der Waals surface area contributed by atoms with Crippen molar-refractivity contribution in [3.8, 4) is 16.9 Å². The van der Waals surface area contributed by atoms with Crippen molar-refractivity contribution in [2.45, 2.75) is 24.2 Å². The first-order chi connectivity index (χ1) is 12.3. The lowest BCUT2D eigenvalue weighted by molar-refractivity contribution is 0.627. The molecule has 0 fully saturated rings. The molecule has 2 aromatic carbocycles. The van der Waals surface area contributed by atoms with Crippen molar-refractivity contribution in [3.05, 3.63) is 59.9 Å². The van der Waals surface area contributed by atoms with E-state index in [-0.39, 0.29) is 5.82 Å². The molecule has 0 bridgehead atoms. The first-order valence-corrected chi connectivity index (χ1v) is 9.75. The summed E-state index contributed by atoms with van der Waals surface area (Å²) in [5.74, 6) is 0.804. The minimum atomic E-state index is -0.233. The Hall–Kier alpha value is -2.27. The topological polar surface area (TPSA) is 29.9 Å². The number of hydrogen-bond acceptors (Lipinski definition) is 3. The quantitative estimate of drug-likeness (QED) is 0.661. The third-order valence-corrected chi connectivity index (χ3v) is 5.36. The fourth-order valence-corrected chi connectivity index (χ4v) is 3.93. The molecule has 128 valence electrons. The Kier molecular flexibility index (Phi) is 4.49. The third-order valence-electron chi connectivity index (χ3n) is 4.56. The monoisotopic (exact) mass is 353 g/mol. The zero-order valence-electron chi connectivity index (χ0n) is 14.1. The minimum absolute atomic E-state index is 0.233. The molecule has 5 heteroatoms. The molecule has 3 nitrogen and oxygen atoms in total. The summed E-state index contributed by atoms with van der Waals surface area (Å²) in [6.45, 7) is 0.934. The van der Waals surface area contributed by atoms with Crippen LogP contribution in [-0.4, -0.2) is 22.6 Å². The molecule has 0 saturated heterocycles. The van der Waals surface area contributed by atoms with Crippen molar-refractivity contribution in [1.29, 1.82) is 0 Å². The maximum Gasteiger partial charge on any atom is 0.133 e. The van der Waals surface area contributed by atoms with Gasteiger partial charge in [0.15, 0.2) is 0 Å². The number of nitrogens with zero attached hydrogens (tertiary/aromatic N) is 2. The van der Waals surface area contributed by atoms with Crippen molar-refractivity contribution in [2.75, 3.05) is 18.1 Å². The zero-order valence-corrected chi connectivity index (χ0v) is 14.9. The van der Waals surface area contributed by atoms with E-state index in [1.165, 1.54) is 22.6 Å². The molecular formula is C20H20FN3S. The average molecular weight is 353 g/mol. The summed E-state index contributed by atoms with van der Waals surface area (Å²) in [6, 6.07) is 14.9. The highest BCUT2D eigenvalue weighted by Gasteiger charge is 2.22. The molecule has 2 heterocycles. The summed E-state index contributed by atoms with van der Waals surface area (Å²) in [5, 5.41) is 8.47. The van der Waals surface area contributed by atoms with Crippen LogP contribution in [0.5, 0.6) is 0 Å². The minimum Gasteiger partial charge on any atom is -0.370 e. The lowest BCUT2D eigenvalue weighted by Gasteiger charge is -2.09. The van der Waals surface area contributed by atoms with Crippen LogP contribution in [0.1, 0.15) is 18.4 Å². The smallest absolute Gasteiger partial charge is 0.133 e. The summed E-state index contributed by atoms with van der Waals surface area (Å²) < 4.78 is 15.3. The number of nitrogens with one attached hydrogen (secondary N) is 1. The molecule has 0 atom stereocenters. The molecule has 0 aliphatic carbocycles. The van der Waals surface area contributed by atoms with Gasteiger partial charge in [0.25, 0.3) is 0 Å². The second-order valence-corrected chi connectivity index (χ2v) is 7.00. The van der Waals surface area contributed by atoms with Crippen molar-refractivity contribution in [3.63, 3.8) is 0 Å². The van der Waals surface area contributed by atoms with Gasteiger partial charge in [0.2, 0.25) is 0 Å². The molecule has 0 spiro atoms. The van der Waals surface area contributed by atoms with Gasteiger partial charge in [0.05, 0.1) is 11.4 Å². The molecule has 0 unspecified atom stereocenters. The first kappa shape index (κ1) is 16.2. The number of thioether (sulfide) groups is 1. The van der Waals surface area contributed by atoms with Crippen LogP contribution >= 0.6 is 11.8 Å². The number of hydrogen-bond donors (Lipinski definition) is 1. The number of rotatable bonds is 3. The largest absolute Gasteiger partial charge is 0.370 e. The molecule has 1 aliphatic heterocycles. The molecule has 0 radical (unpaired) electrons. The Morgan fingerprint density at radius 2 is 1.88 bits per heavy atom. The van der Waals surface area contributed by atoms with Gasteiger partial charge in [0, 0.05) is 22.6 Å². The molecule has 4 rings (SSSR count). The van der Waals surface area contributed by atoms with Gasteiger partial charge in [-0.05, 0) is 55.9 Å². The standard InChI is InChI=1S/C20H20FN3S/c1-25-18-8-3-2-6-16(18)19-17-7-4-5-13-22-20(17)24(23-19)15-11-9-14(21)10-12-15/h2-3,6,8-12,22H,4-5,7,13H2,1H3. The van der Waals surface area contributed by atoms with Crippen LogP contribution in [0.15, 0.2) is 53.4 Å². The Balaban J connectivity index is 1.92.